The molecule has 4 heterocycles. The van der Waals surface area contributed by atoms with Gasteiger partial charge in [0.05, 0.1) is 11.5 Å². The van der Waals surface area contributed by atoms with Crippen LogP contribution in [-0.2, 0) is 0 Å². The highest BCUT2D eigenvalue weighted by Gasteiger charge is 2.35. The van der Waals surface area contributed by atoms with Crippen LogP contribution in [0.3, 0.4) is 0 Å². The highest BCUT2D eigenvalue weighted by atomic mass is 32.2. The summed E-state index contributed by atoms with van der Waals surface area (Å²) in [5.41, 5.74) is 7.34. The molecule has 25 heavy (non-hydrogen) atoms. The lowest BCUT2D eigenvalue weighted by molar-refractivity contribution is 0.397. The predicted octanol–water partition coefficient (Wildman–Crippen LogP) is 2.32. The fourth-order valence-corrected chi connectivity index (χ4v) is 4.36. The third-order valence-electron chi connectivity index (χ3n) is 3.90. The van der Waals surface area contributed by atoms with Crippen LogP contribution in [0.5, 0.6) is 5.75 Å². The first kappa shape index (κ1) is 15.7. The highest BCUT2D eigenvalue weighted by Crippen LogP contribution is 2.44. The molecule has 4 rings (SSSR count). The second-order valence-electron chi connectivity index (χ2n) is 5.27. The molecule has 0 amide bonds. The third kappa shape index (κ3) is 2.38. The van der Waals surface area contributed by atoms with Crippen LogP contribution in [0.15, 0.2) is 45.1 Å². The van der Waals surface area contributed by atoms with Gasteiger partial charge in [-0.3, -0.25) is 9.78 Å². The average molecular weight is 369 g/mol. The van der Waals surface area contributed by atoms with Crippen molar-refractivity contribution in [2.24, 2.45) is 5.73 Å². The lowest BCUT2D eigenvalue weighted by Gasteiger charge is -2.25. The molecule has 0 fully saturated rings. The number of aromatic nitrogens is 3. The van der Waals surface area contributed by atoms with Crippen LogP contribution in [0.25, 0.3) is 10.3 Å². The number of ether oxygens (including phenoxy) is 1. The van der Waals surface area contributed by atoms with Crippen molar-refractivity contribution in [3.8, 4) is 11.8 Å². The lowest BCUT2D eigenvalue weighted by atomic mass is 9.85. The number of nitrogens with one attached hydrogen (secondary N) is 1. The number of aromatic amines is 1. The Morgan fingerprint density at radius 3 is 3.04 bits per heavy atom. The second-order valence-corrected chi connectivity index (χ2v) is 7.32. The Labute approximate surface area is 150 Å². The van der Waals surface area contributed by atoms with Crippen molar-refractivity contribution in [1.29, 1.82) is 5.26 Å². The number of thiazole rings is 1. The Morgan fingerprint density at radius 2 is 2.36 bits per heavy atom. The van der Waals surface area contributed by atoms with Gasteiger partial charge in [0, 0.05) is 12.4 Å². The van der Waals surface area contributed by atoms with E-state index in [1.165, 1.54) is 23.1 Å². The minimum absolute atomic E-state index is 0.00476. The van der Waals surface area contributed by atoms with Crippen molar-refractivity contribution in [2.75, 3.05) is 6.26 Å². The van der Waals surface area contributed by atoms with Gasteiger partial charge in [0.25, 0.3) is 5.56 Å². The van der Waals surface area contributed by atoms with Crippen LogP contribution >= 0.6 is 23.1 Å². The number of rotatable bonds is 2. The number of nitrogens with two attached hydrogens (primary N) is 1. The van der Waals surface area contributed by atoms with E-state index in [1.54, 1.807) is 24.5 Å². The highest BCUT2D eigenvalue weighted by molar-refractivity contribution is 8.00. The molecule has 0 aromatic carbocycles. The maximum atomic E-state index is 12.8. The predicted molar refractivity (Wildman–Crippen MR) is 95.6 cm³/mol. The fraction of sp³-hybridized carbons (Fsp3) is 0.125. The smallest absolute Gasteiger partial charge is 0.257 e. The minimum Gasteiger partial charge on any atom is -0.438 e. The first-order valence-electron chi connectivity index (χ1n) is 7.22. The molecule has 9 heteroatoms. The summed E-state index contributed by atoms with van der Waals surface area (Å²) in [6.07, 6.45) is 5.15. The van der Waals surface area contributed by atoms with Crippen molar-refractivity contribution in [2.45, 2.75) is 10.3 Å². The number of pyridine rings is 2. The van der Waals surface area contributed by atoms with E-state index >= 15 is 0 Å². The van der Waals surface area contributed by atoms with Crippen molar-refractivity contribution in [3.05, 3.63) is 57.5 Å². The molecule has 0 saturated heterocycles. The Hall–Kier alpha value is -2.83. The minimum atomic E-state index is -0.629. The summed E-state index contributed by atoms with van der Waals surface area (Å²) in [7, 11) is 0. The van der Waals surface area contributed by atoms with E-state index in [2.05, 4.69) is 21.0 Å². The SMILES string of the molecule is CSc1nc2[nH]c(=O)c3c(c2s1)OC(N)=C(C#N)C3c1cccnc1. The molecular formula is C16H11N5O2S2. The molecule has 0 saturated carbocycles. The van der Waals surface area contributed by atoms with Gasteiger partial charge in [0.2, 0.25) is 5.88 Å². The molecule has 7 nitrogen and oxygen atoms in total. The first-order valence-corrected chi connectivity index (χ1v) is 9.26. The van der Waals surface area contributed by atoms with Gasteiger partial charge in [-0.2, -0.15) is 5.26 Å². The van der Waals surface area contributed by atoms with Crippen LogP contribution < -0.4 is 16.0 Å². The molecular weight excluding hydrogens is 358 g/mol. The summed E-state index contributed by atoms with van der Waals surface area (Å²) in [6, 6.07) is 5.63. The summed E-state index contributed by atoms with van der Waals surface area (Å²) in [5.74, 6) is -0.271. The molecule has 1 aliphatic heterocycles. The number of nitriles is 1. The molecule has 1 atom stereocenters. The number of hydrogen-bond acceptors (Lipinski definition) is 8. The lowest BCUT2D eigenvalue weighted by Crippen LogP contribution is -2.27. The second kappa shape index (κ2) is 5.91. The maximum absolute atomic E-state index is 12.8. The number of fused-ring (bicyclic) bond motifs is 3. The normalized spacial score (nSPS) is 16.4. The van der Waals surface area contributed by atoms with Crippen LogP contribution in [0.2, 0.25) is 0 Å². The zero-order valence-corrected chi connectivity index (χ0v) is 14.6. The number of hydrogen-bond donors (Lipinski definition) is 2. The van der Waals surface area contributed by atoms with Crippen LogP contribution in [-0.4, -0.2) is 21.2 Å². The zero-order valence-electron chi connectivity index (χ0n) is 12.9. The standard InChI is InChI=1S/C16H11N5O2S2/c1-24-16-21-14-12(25-16)11-10(15(22)20-14)9(7-3-2-4-19-6-7)8(5-17)13(18)23-11/h2-4,6,9H,18H2,1H3,(H,20,22). The summed E-state index contributed by atoms with van der Waals surface area (Å²) in [4.78, 5) is 24.0. The summed E-state index contributed by atoms with van der Waals surface area (Å²) in [5, 5.41) is 9.55. The Morgan fingerprint density at radius 1 is 1.52 bits per heavy atom. The summed E-state index contributed by atoms with van der Waals surface area (Å²) in [6.45, 7) is 0. The van der Waals surface area contributed by atoms with Gasteiger partial charge in [0.1, 0.15) is 16.3 Å². The van der Waals surface area contributed by atoms with Gasteiger partial charge in [-0.1, -0.05) is 17.8 Å². The molecule has 0 radical (unpaired) electrons. The van der Waals surface area contributed by atoms with Crippen molar-refractivity contribution < 1.29 is 4.74 Å². The number of nitrogens with zero attached hydrogens (tertiary/aromatic N) is 3. The Kier molecular flexibility index (Phi) is 3.71. The molecule has 3 aromatic rings. The summed E-state index contributed by atoms with van der Waals surface area (Å²) < 4.78 is 7.20. The van der Waals surface area contributed by atoms with Gasteiger partial charge in [-0.25, -0.2) is 4.98 Å². The molecule has 0 spiro atoms. The van der Waals surface area contributed by atoms with Crippen molar-refractivity contribution in [1.82, 2.24) is 15.0 Å². The molecule has 1 aliphatic rings. The van der Waals surface area contributed by atoms with Crippen molar-refractivity contribution >= 4 is 33.4 Å². The number of H-pyrrole nitrogens is 1. The molecule has 3 aromatic heterocycles. The van der Waals surface area contributed by atoms with Gasteiger partial charge < -0.3 is 15.5 Å². The average Bonchev–Trinajstić information content (AvgIpc) is 3.04. The van der Waals surface area contributed by atoms with E-state index in [-0.39, 0.29) is 17.0 Å². The van der Waals surface area contributed by atoms with Gasteiger partial charge in [-0.05, 0) is 17.9 Å². The molecule has 3 N–H and O–H groups in total. The van der Waals surface area contributed by atoms with Crippen LogP contribution in [0.4, 0.5) is 0 Å². The largest absolute Gasteiger partial charge is 0.438 e. The third-order valence-corrected chi connectivity index (χ3v) is 5.94. The maximum Gasteiger partial charge on any atom is 0.257 e. The van der Waals surface area contributed by atoms with Crippen molar-refractivity contribution in [3.63, 3.8) is 0 Å². The zero-order chi connectivity index (χ0) is 17.6. The Balaban J connectivity index is 2.07. The molecule has 124 valence electrons. The molecule has 0 bridgehead atoms. The topological polar surface area (TPSA) is 118 Å². The van der Waals surface area contributed by atoms with Crippen LogP contribution in [0, 0.1) is 11.3 Å². The quantitative estimate of drug-likeness (QED) is 0.666. The van der Waals surface area contributed by atoms with E-state index in [0.717, 1.165) is 4.34 Å². The monoisotopic (exact) mass is 369 g/mol. The molecule has 1 unspecified atom stereocenters. The fourth-order valence-electron chi connectivity index (χ4n) is 2.84. The number of allylic oxidation sites excluding steroid dienone is 1. The van der Waals surface area contributed by atoms with Gasteiger partial charge in [0.15, 0.2) is 15.7 Å². The van der Waals surface area contributed by atoms with E-state index in [1.807, 2.05) is 6.26 Å². The van der Waals surface area contributed by atoms with Crippen LogP contribution in [0.1, 0.15) is 17.0 Å². The number of thioether (sulfide) groups is 1. The molecule has 0 aliphatic carbocycles. The van der Waals surface area contributed by atoms with E-state index < -0.39 is 5.92 Å². The van der Waals surface area contributed by atoms with E-state index in [4.69, 9.17) is 10.5 Å². The van der Waals surface area contributed by atoms with E-state index in [0.29, 0.717) is 27.2 Å². The van der Waals surface area contributed by atoms with Gasteiger partial charge in [-0.15, -0.1) is 11.3 Å². The first-order chi connectivity index (χ1) is 12.1. The summed E-state index contributed by atoms with van der Waals surface area (Å²) >= 11 is 2.89. The Bertz CT molecular complexity index is 1110. The van der Waals surface area contributed by atoms with Gasteiger partial charge >= 0.3 is 0 Å². The van der Waals surface area contributed by atoms with E-state index in [9.17, 15) is 10.1 Å².